The van der Waals surface area contributed by atoms with Gasteiger partial charge in [0.15, 0.2) is 0 Å². The fourth-order valence-electron chi connectivity index (χ4n) is 1.35. The number of amides is 2. The lowest BCUT2D eigenvalue weighted by Gasteiger charge is -2.15. The maximum absolute atomic E-state index is 11.6. The molecule has 2 amide bonds. The van der Waals surface area contributed by atoms with Gasteiger partial charge in [0.1, 0.15) is 5.75 Å². The lowest BCUT2D eigenvalue weighted by atomic mass is 10.2. The number of hydrogen-bond acceptors (Lipinski definition) is 3. The quantitative estimate of drug-likeness (QED) is 0.798. The number of rotatable bonds is 4. The second-order valence-corrected chi connectivity index (χ2v) is 4.84. The van der Waals surface area contributed by atoms with Gasteiger partial charge in [0, 0.05) is 4.47 Å². The van der Waals surface area contributed by atoms with Crippen molar-refractivity contribution in [2.75, 3.05) is 19.0 Å². The molecule has 0 unspecified atom stereocenters. The number of ether oxygens (including phenoxy) is 1. The van der Waals surface area contributed by atoms with Crippen molar-refractivity contribution in [3.8, 4) is 5.75 Å². The first-order chi connectivity index (χ1) is 8.47. The fourth-order valence-corrected chi connectivity index (χ4v) is 1.69. The van der Waals surface area contributed by atoms with Gasteiger partial charge in [-0.15, -0.1) is 0 Å². The van der Waals surface area contributed by atoms with Gasteiger partial charge < -0.3 is 20.5 Å². The van der Waals surface area contributed by atoms with Crippen LogP contribution in [0.2, 0.25) is 0 Å². The van der Waals surface area contributed by atoms with Gasteiger partial charge in [0.25, 0.3) is 0 Å². The summed E-state index contributed by atoms with van der Waals surface area (Å²) in [6.07, 6.45) is 0. The highest BCUT2D eigenvalue weighted by molar-refractivity contribution is 9.10. The summed E-state index contributed by atoms with van der Waals surface area (Å²) in [4.78, 5) is 11.6. The first kappa shape index (κ1) is 14.8. The SMILES string of the molecule is COc1cc(C)c(Br)cc1NC(=O)N[C@H](C)CO. The molecule has 18 heavy (non-hydrogen) atoms. The molecule has 1 aromatic rings. The van der Waals surface area contributed by atoms with Crippen molar-refractivity contribution in [1.29, 1.82) is 0 Å². The molecule has 0 bridgehead atoms. The lowest BCUT2D eigenvalue weighted by molar-refractivity contribution is 0.229. The number of methoxy groups -OCH3 is 1. The third kappa shape index (κ3) is 3.89. The summed E-state index contributed by atoms with van der Waals surface area (Å²) in [5, 5.41) is 14.1. The van der Waals surface area contributed by atoms with Crippen LogP contribution < -0.4 is 15.4 Å². The van der Waals surface area contributed by atoms with E-state index in [9.17, 15) is 4.79 Å². The predicted octanol–water partition coefficient (Wildman–Crippen LogP) is 2.27. The van der Waals surface area contributed by atoms with E-state index in [1.807, 2.05) is 13.0 Å². The number of benzene rings is 1. The van der Waals surface area contributed by atoms with Crippen molar-refractivity contribution in [3.63, 3.8) is 0 Å². The van der Waals surface area contributed by atoms with Crippen LogP contribution >= 0.6 is 15.9 Å². The van der Waals surface area contributed by atoms with Crippen LogP contribution in [0.1, 0.15) is 12.5 Å². The number of urea groups is 1. The Kier molecular flexibility index (Phi) is 5.43. The number of aryl methyl sites for hydroxylation is 1. The minimum Gasteiger partial charge on any atom is -0.495 e. The van der Waals surface area contributed by atoms with Crippen molar-refractivity contribution in [1.82, 2.24) is 5.32 Å². The summed E-state index contributed by atoms with van der Waals surface area (Å²) in [5.74, 6) is 0.586. The van der Waals surface area contributed by atoms with Crippen molar-refractivity contribution in [2.24, 2.45) is 0 Å². The fraction of sp³-hybridized carbons (Fsp3) is 0.417. The Hall–Kier alpha value is -1.27. The summed E-state index contributed by atoms with van der Waals surface area (Å²) in [6, 6.07) is 2.92. The maximum atomic E-state index is 11.6. The second-order valence-electron chi connectivity index (χ2n) is 3.98. The molecule has 1 rings (SSSR count). The van der Waals surface area contributed by atoms with Crippen LogP contribution in [0.5, 0.6) is 5.75 Å². The molecule has 0 spiro atoms. The summed E-state index contributed by atoms with van der Waals surface area (Å²) in [6.45, 7) is 3.54. The van der Waals surface area contributed by atoms with E-state index in [-0.39, 0.29) is 18.7 Å². The average Bonchev–Trinajstić information content (AvgIpc) is 2.33. The van der Waals surface area contributed by atoms with E-state index in [2.05, 4.69) is 26.6 Å². The Morgan fingerprint density at radius 3 is 2.78 bits per heavy atom. The zero-order chi connectivity index (χ0) is 13.7. The average molecular weight is 317 g/mol. The second kappa shape index (κ2) is 6.61. The topological polar surface area (TPSA) is 70.6 Å². The van der Waals surface area contributed by atoms with E-state index in [0.29, 0.717) is 11.4 Å². The summed E-state index contributed by atoms with van der Waals surface area (Å²) in [7, 11) is 1.54. The highest BCUT2D eigenvalue weighted by Crippen LogP contribution is 2.30. The Bertz CT molecular complexity index is 438. The molecular weight excluding hydrogens is 300 g/mol. The van der Waals surface area contributed by atoms with E-state index in [1.54, 1.807) is 20.1 Å². The van der Waals surface area contributed by atoms with Gasteiger partial charge >= 0.3 is 6.03 Å². The number of nitrogens with one attached hydrogen (secondary N) is 2. The zero-order valence-corrected chi connectivity index (χ0v) is 12.2. The van der Waals surface area contributed by atoms with Gasteiger partial charge in [-0.25, -0.2) is 4.79 Å². The van der Waals surface area contributed by atoms with Crippen LogP contribution in [-0.4, -0.2) is 30.9 Å². The van der Waals surface area contributed by atoms with Crippen LogP contribution in [0.15, 0.2) is 16.6 Å². The van der Waals surface area contributed by atoms with E-state index < -0.39 is 0 Å². The molecule has 1 aromatic carbocycles. The van der Waals surface area contributed by atoms with Gasteiger partial charge in [0.05, 0.1) is 25.4 Å². The molecule has 0 radical (unpaired) electrons. The number of hydrogen-bond donors (Lipinski definition) is 3. The first-order valence-electron chi connectivity index (χ1n) is 5.50. The van der Waals surface area contributed by atoms with E-state index in [1.165, 1.54) is 0 Å². The van der Waals surface area contributed by atoms with Crippen LogP contribution in [0.3, 0.4) is 0 Å². The number of carbonyl (C=O) groups is 1. The number of aliphatic hydroxyl groups is 1. The predicted molar refractivity (Wildman–Crippen MR) is 74.1 cm³/mol. The molecule has 3 N–H and O–H groups in total. The molecule has 0 aliphatic rings. The Morgan fingerprint density at radius 2 is 2.22 bits per heavy atom. The standard InChI is InChI=1S/C12H17BrN2O3/c1-7-4-11(18-3)10(5-9(7)13)15-12(17)14-8(2)6-16/h4-5,8,16H,6H2,1-3H3,(H2,14,15,17)/t8-/m1/s1. The minimum absolute atomic E-state index is 0.109. The Labute approximate surface area is 115 Å². The largest absolute Gasteiger partial charge is 0.495 e. The van der Waals surface area contributed by atoms with E-state index in [4.69, 9.17) is 9.84 Å². The third-order valence-corrected chi connectivity index (χ3v) is 3.23. The number of aliphatic hydroxyl groups excluding tert-OH is 1. The van der Waals surface area contributed by atoms with Crippen molar-refractivity contribution in [2.45, 2.75) is 19.9 Å². The van der Waals surface area contributed by atoms with Crippen LogP contribution in [0.25, 0.3) is 0 Å². The van der Waals surface area contributed by atoms with Crippen molar-refractivity contribution in [3.05, 3.63) is 22.2 Å². The van der Waals surface area contributed by atoms with Crippen molar-refractivity contribution >= 4 is 27.6 Å². The third-order valence-electron chi connectivity index (χ3n) is 2.38. The highest BCUT2D eigenvalue weighted by atomic mass is 79.9. The highest BCUT2D eigenvalue weighted by Gasteiger charge is 2.11. The van der Waals surface area contributed by atoms with E-state index >= 15 is 0 Å². The normalized spacial score (nSPS) is 11.8. The number of anilines is 1. The monoisotopic (exact) mass is 316 g/mol. The minimum atomic E-state index is -0.384. The van der Waals surface area contributed by atoms with Gasteiger partial charge in [-0.05, 0) is 31.5 Å². The van der Waals surface area contributed by atoms with Crippen LogP contribution in [0.4, 0.5) is 10.5 Å². The Morgan fingerprint density at radius 1 is 1.56 bits per heavy atom. The molecule has 0 aromatic heterocycles. The molecular formula is C12H17BrN2O3. The Balaban J connectivity index is 2.83. The molecule has 0 saturated carbocycles. The van der Waals surface area contributed by atoms with Gasteiger partial charge in [-0.1, -0.05) is 15.9 Å². The summed E-state index contributed by atoms with van der Waals surface area (Å²) in [5.41, 5.74) is 1.58. The molecule has 1 atom stereocenters. The first-order valence-corrected chi connectivity index (χ1v) is 6.29. The van der Waals surface area contributed by atoms with E-state index in [0.717, 1.165) is 10.0 Å². The molecule has 0 heterocycles. The molecule has 6 heteroatoms. The molecule has 0 aliphatic carbocycles. The van der Waals surface area contributed by atoms with Crippen molar-refractivity contribution < 1.29 is 14.6 Å². The molecule has 5 nitrogen and oxygen atoms in total. The van der Waals surface area contributed by atoms with Gasteiger partial charge in [-0.3, -0.25) is 0 Å². The van der Waals surface area contributed by atoms with Gasteiger partial charge in [-0.2, -0.15) is 0 Å². The summed E-state index contributed by atoms with van der Waals surface area (Å²) < 4.78 is 6.08. The smallest absolute Gasteiger partial charge is 0.319 e. The lowest BCUT2D eigenvalue weighted by Crippen LogP contribution is -2.38. The molecule has 100 valence electrons. The molecule has 0 fully saturated rings. The summed E-state index contributed by atoms with van der Waals surface area (Å²) >= 11 is 3.40. The molecule has 0 aliphatic heterocycles. The number of carbonyl (C=O) groups excluding carboxylic acids is 1. The number of halogens is 1. The maximum Gasteiger partial charge on any atom is 0.319 e. The zero-order valence-electron chi connectivity index (χ0n) is 10.6. The van der Waals surface area contributed by atoms with Crippen LogP contribution in [0, 0.1) is 6.92 Å². The van der Waals surface area contributed by atoms with Crippen LogP contribution in [-0.2, 0) is 0 Å². The van der Waals surface area contributed by atoms with Gasteiger partial charge in [0.2, 0.25) is 0 Å². The molecule has 0 saturated heterocycles.